The Kier molecular flexibility index (Phi) is 14.5. The molecule has 18 heteroatoms. The monoisotopic (exact) mass is 877 g/mol. The summed E-state index contributed by atoms with van der Waals surface area (Å²) < 4.78 is 16.1. The molecule has 0 saturated heterocycles. The van der Waals surface area contributed by atoms with Crippen molar-refractivity contribution in [1.29, 1.82) is 0 Å². The molecule has 5 rings (SSSR count). The summed E-state index contributed by atoms with van der Waals surface area (Å²) in [6, 6.07) is 6.57. The predicted octanol–water partition coefficient (Wildman–Crippen LogP) is 4.37. The van der Waals surface area contributed by atoms with Gasteiger partial charge in [-0.1, -0.05) is 32.6 Å². The lowest BCUT2D eigenvalue weighted by Gasteiger charge is -2.50. The van der Waals surface area contributed by atoms with E-state index in [9.17, 15) is 49.2 Å². The average molecular weight is 878 g/mol. The van der Waals surface area contributed by atoms with Crippen LogP contribution in [-0.4, -0.2) is 131 Å². The maximum Gasteiger partial charge on any atom is 0.413 e. The van der Waals surface area contributed by atoms with Crippen molar-refractivity contribution in [3.8, 4) is 11.5 Å². The zero-order valence-electron chi connectivity index (χ0n) is 37.1. The predicted molar refractivity (Wildman–Crippen MR) is 231 cm³/mol. The zero-order chi connectivity index (χ0) is 46.7. The maximum absolute atomic E-state index is 14.3. The second kappa shape index (κ2) is 19.1. The number of unbranched alkanes of at least 4 members (excludes halogenated alkanes) is 4. The van der Waals surface area contributed by atoms with Crippen LogP contribution in [0.5, 0.6) is 11.5 Å². The van der Waals surface area contributed by atoms with Gasteiger partial charge in [-0.3, -0.25) is 29.0 Å². The lowest BCUT2D eigenvalue weighted by atomic mass is 9.57. The molecule has 2 aromatic carbocycles. The van der Waals surface area contributed by atoms with Gasteiger partial charge in [-0.15, -0.1) is 0 Å². The van der Waals surface area contributed by atoms with Crippen LogP contribution < -0.4 is 20.7 Å². The van der Waals surface area contributed by atoms with Crippen LogP contribution in [0.1, 0.15) is 87.7 Å². The highest BCUT2D eigenvalue weighted by Crippen LogP contribution is 2.54. The molecule has 3 aliphatic carbocycles. The molecule has 342 valence electrons. The van der Waals surface area contributed by atoms with Gasteiger partial charge in [0.25, 0.3) is 5.91 Å². The number of esters is 1. The Labute approximate surface area is 366 Å². The second-order valence-electron chi connectivity index (χ2n) is 17.6. The number of phenols is 1. The number of nitrogens with one attached hydrogen (secondary N) is 1. The summed E-state index contributed by atoms with van der Waals surface area (Å²) in [6.45, 7) is 6.28. The van der Waals surface area contributed by atoms with Crippen LogP contribution in [0.15, 0.2) is 47.2 Å². The Bertz CT molecular complexity index is 2210. The van der Waals surface area contributed by atoms with E-state index in [1.54, 1.807) is 51.9 Å². The van der Waals surface area contributed by atoms with E-state index in [1.807, 2.05) is 0 Å². The number of anilines is 2. The maximum atomic E-state index is 14.3. The van der Waals surface area contributed by atoms with Gasteiger partial charge in [0.05, 0.1) is 29.5 Å². The van der Waals surface area contributed by atoms with Crippen LogP contribution in [-0.2, 0) is 35.1 Å². The molecule has 63 heavy (non-hydrogen) atoms. The van der Waals surface area contributed by atoms with Gasteiger partial charge in [0.15, 0.2) is 11.4 Å². The first kappa shape index (κ1) is 47.9. The number of primary amides is 1. The van der Waals surface area contributed by atoms with Crippen molar-refractivity contribution in [3.63, 3.8) is 0 Å². The number of fused-ring (bicyclic) bond motifs is 3. The van der Waals surface area contributed by atoms with Crippen LogP contribution in [0.4, 0.5) is 16.2 Å². The highest BCUT2D eigenvalue weighted by Gasteiger charge is 2.64. The first-order chi connectivity index (χ1) is 29.6. The molecule has 18 nitrogen and oxygen atoms in total. The van der Waals surface area contributed by atoms with Crippen molar-refractivity contribution in [2.24, 2.45) is 17.6 Å². The van der Waals surface area contributed by atoms with E-state index >= 15 is 0 Å². The molecular formula is C45H59N5O13. The van der Waals surface area contributed by atoms with Gasteiger partial charge in [0, 0.05) is 36.8 Å². The number of likely N-dealkylation sites (N-methyl/N-ethyl adjacent to an activating group) is 1. The van der Waals surface area contributed by atoms with Crippen LogP contribution in [0.25, 0.3) is 5.76 Å². The SMILES string of the molecule is CCCCCCCOc1ccc(C(=O)OCOC(=O)N(CC(=O)Nc2cc(N(C)C)c3c(c2O)C(O)=C2C(=O)[C@]4(O)C(O)=C(C(N)=O)C(=O)[C@@H](N(C)C)[C@@H]4C[C@@H]2C3)C(C)(C)C)cc1. The number of phenolic OH excluding ortho intramolecular Hbond substituents is 1. The highest BCUT2D eigenvalue weighted by atomic mass is 16.7. The number of nitrogens with two attached hydrogens (primary N) is 1. The van der Waals surface area contributed by atoms with Crippen LogP contribution in [0.3, 0.4) is 0 Å². The zero-order valence-corrected chi connectivity index (χ0v) is 37.1. The number of hydrogen-bond acceptors (Lipinski definition) is 15. The number of carbonyl (C=O) groups excluding carboxylic acids is 6. The van der Waals surface area contributed by atoms with Gasteiger partial charge in [0.1, 0.15) is 35.1 Å². The van der Waals surface area contributed by atoms with Gasteiger partial charge in [-0.05, 0) is 95.9 Å². The fourth-order valence-corrected chi connectivity index (χ4v) is 8.57. The number of hydrogen-bond donors (Lipinski definition) is 6. The fraction of sp³-hybridized carbons (Fsp3) is 0.511. The molecule has 0 bridgehead atoms. The van der Waals surface area contributed by atoms with E-state index in [0.717, 1.165) is 30.6 Å². The third kappa shape index (κ3) is 9.61. The molecule has 3 amide bonds. The third-order valence-electron chi connectivity index (χ3n) is 11.8. The summed E-state index contributed by atoms with van der Waals surface area (Å²) in [4.78, 5) is 83.9. The average Bonchev–Trinajstić information content (AvgIpc) is 3.20. The molecule has 0 aliphatic heterocycles. The Balaban J connectivity index is 1.32. The highest BCUT2D eigenvalue weighted by molar-refractivity contribution is 6.24. The molecule has 3 aliphatic rings. The van der Waals surface area contributed by atoms with E-state index in [4.69, 9.17) is 19.9 Å². The number of nitrogens with zero attached hydrogens (tertiary/aromatic N) is 3. The van der Waals surface area contributed by atoms with Crippen LogP contribution >= 0.6 is 0 Å². The van der Waals surface area contributed by atoms with Gasteiger partial charge in [-0.2, -0.15) is 0 Å². The molecule has 0 spiro atoms. The number of carbonyl (C=O) groups is 6. The van der Waals surface area contributed by atoms with Gasteiger partial charge in [-0.25, -0.2) is 9.59 Å². The van der Waals surface area contributed by atoms with E-state index in [0.29, 0.717) is 23.6 Å². The third-order valence-corrected chi connectivity index (χ3v) is 11.8. The Morgan fingerprint density at radius 1 is 0.952 bits per heavy atom. The second-order valence-corrected chi connectivity index (χ2v) is 17.6. The molecule has 0 heterocycles. The van der Waals surface area contributed by atoms with Crippen molar-refractivity contribution in [2.45, 2.75) is 89.8 Å². The topological polar surface area (TPSA) is 259 Å². The van der Waals surface area contributed by atoms with E-state index in [-0.39, 0.29) is 35.2 Å². The fourth-order valence-electron chi connectivity index (χ4n) is 8.57. The summed E-state index contributed by atoms with van der Waals surface area (Å²) >= 11 is 0. The normalized spacial score (nSPS) is 20.7. The van der Waals surface area contributed by atoms with E-state index in [1.165, 1.54) is 43.6 Å². The Hall–Kier alpha value is -6.14. The van der Waals surface area contributed by atoms with Crippen LogP contribution in [0.2, 0.25) is 0 Å². The minimum Gasteiger partial charge on any atom is -0.508 e. The Morgan fingerprint density at radius 2 is 1.60 bits per heavy atom. The van der Waals surface area contributed by atoms with Gasteiger partial charge >= 0.3 is 12.1 Å². The standard InChI is InChI=1S/C45H59N5O13/c1-9-10-11-12-13-18-61-26-16-14-24(15-17-26)42(58)62-23-63-43(59)50(44(2,3)4)22-31(51)47-29-21-30(48(5)6)27-19-25-20-28-35(49(7)8)38(54)34(41(46)57)40(56)45(28,60)39(55)32(25)37(53)33(27)36(29)52/h14-17,21,25,28,35,52-53,56,60H,9-13,18-20,22-23H2,1-8H3,(H2,46,57)(H,47,51)/t25-,28-,35-,45-/m0/s1. The number of aliphatic hydroxyl groups is 3. The van der Waals surface area contributed by atoms with Crippen molar-refractivity contribution in [3.05, 3.63) is 63.9 Å². The number of aromatic hydroxyl groups is 1. The number of Topliss-reactive ketones (excluding diaryl/α,β-unsaturated/α-hetero) is 2. The molecule has 0 aromatic heterocycles. The van der Waals surface area contributed by atoms with Crippen molar-refractivity contribution < 1.29 is 63.4 Å². The molecule has 1 fully saturated rings. The lowest BCUT2D eigenvalue weighted by Crippen LogP contribution is -2.65. The van der Waals surface area contributed by atoms with Gasteiger partial charge in [0.2, 0.25) is 18.5 Å². The minimum atomic E-state index is -2.83. The molecule has 4 atom stereocenters. The van der Waals surface area contributed by atoms with Gasteiger partial charge < -0.3 is 50.6 Å². The number of aliphatic hydroxyl groups excluding tert-OH is 2. The smallest absolute Gasteiger partial charge is 0.413 e. The molecular weight excluding hydrogens is 819 g/mol. The van der Waals surface area contributed by atoms with E-state index < -0.39 is 101 Å². The van der Waals surface area contributed by atoms with Crippen molar-refractivity contribution in [1.82, 2.24) is 9.80 Å². The first-order valence-electron chi connectivity index (χ1n) is 20.9. The molecule has 0 unspecified atom stereocenters. The number of rotatable bonds is 16. The minimum absolute atomic E-state index is 0.0248. The molecule has 7 N–H and O–H groups in total. The van der Waals surface area contributed by atoms with Crippen LogP contribution in [0, 0.1) is 11.8 Å². The van der Waals surface area contributed by atoms with Crippen molar-refractivity contribution in [2.75, 3.05) is 58.4 Å². The summed E-state index contributed by atoms with van der Waals surface area (Å²) in [5.74, 6) is -8.99. The summed E-state index contributed by atoms with van der Waals surface area (Å²) in [6.07, 6.45) is 4.43. The number of amides is 3. The molecule has 0 radical (unpaired) electrons. The van der Waals surface area contributed by atoms with Crippen molar-refractivity contribution >= 4 is 52.6 Å². The lowest BCUT2D eigenvalue weighted by molar-refractivity contribution is -0.153. The summed E-state index contributed by atoms with van der Waals surface area (Å²) in [5.41, 5.74) is 0.883. The summed E-state index contributed by atoms with van der Waals surface area (Å²) in [7, 11) is 6.39. The summed E-state index contributed by atoms with van der Waals surface area (Å²) in [5, 5.41) is 49.2. The molecule has 1 saturated carbocycles. The number of ether oxygens (including phenoxy) is 3. The largest absolute Gasteiger partial charge is 0.508 e. The number of benzene rings is 2. The quantitative estimate of drug-likeness (QED) is 0.0450. The Morgan fingerprint density at radius 3 is 2.19 bits per heavy atom. The molecule has 2 aromatic rings. The van der Waals surface area contributed by atoms with E-state index in [2.05, 4.69) is 12.2 Å². The number of ketones is 2. The first-order valence-corrected chi connectivity index (χ1v) is 20.9.